The number of rotatable bonds is 7. The van der Waals surface area contributed by atoms with Crippen LogP contribution in [0.15, 0.2) is 0 Å². The van der Waals surface area contributed by atoms with E-state index >= 15 is 0 Å². The second-order valence-corrected chi connectivity index (χ2v) is 7.57. The van der Waals surface area contributed by atoms with Gasteiger partial charge in [0, 0.05) is 18.0 Å². The zero-order valence-corrected chi connectivity index (χ0v) is 13.0. The summed E-state index contributed by atoms with van der Waals surface area (Å²) in [6, 6.07) is 0.785. The molecule has 0 aromatic heterocycles. The Labute approximate surface area is 118 Å². The molecule has 2 unspecified atom stereocenters. The van der Waals surface area contributed by atoms with Crippen molar-refractivity contribution in [2.45, 2.75) is 71.8 Å². The molecule has 2 heteroatoms. The van der Waals surface area contributed by atoms with Crippen molar-refractivity contribution >= 4 is 6.29 Å². The van der Waals surface area contributed by atoms with Crippen molar-refractivity contribution in [1.82, 2.24) is 4.90 Å². The van der Waals surface area contributed by atoms with Crippen LogP contribution in [-0.2, 0) is 4.79 Å². The molecule has 2 aliphatic rings. The molecule has 0 saturated heterocycles. The van der Waals surface area contributed by atoms with E-state index in [-0.39, 0.29) is 5.41 Å². The van der Waals surface area contributed by atoms with Crippen molar-refractivity contribution < 1.29 is 4.79 Å². The van der Waals surface area contributed by atoms with Gasteiger partial charge >= 0.3 is 0 Å². The third kappa shape index (κ3) is 4.30. The first kappa shape index (κ1) is 15.0. The summed E-state index contributed by atoms with van der Waals surface area (Å²) in [7, 11) is 0. The first-order valence-corrected chi connectivity index (χ1v) is 8.25. The van der Waals surface area contributed by atoms with E-state index in [1.165, 1.54) is 44.9 Å². The summed E-state index contributed by atoms with van der Waals surface area (Å²) in [5.41, 5.74) is -0.0305. The van der Waals surface area contributed by atoms with Gasteiger partial charge in [0.2, 0.25) is 0 Å². The van der Waals surface area contributed by atoms with E-state index in [9.17, 15) is 4.79 Å². The van der Waals surface area contributed by atoms with Crippen molar-refractivity contribution in [3.8, 4) is 0 Å². The van der Waals surface area contributed by atoms with Gasteiger partial charge in [-0.05, 0) is 50.5 Å². The molecule has 0 radical (unpaired) electrons. The molecular formula is C17H31NO. The predicted octanol–water partition coefficient (Wildman–Crippen LogP) is 3.89. The first-order chi connectivity index (χ1) is 9.04. The van der Waals surface area contributed by atoms with Gasteiger partial charge in [0.25, 0.3) is 0 Å². The van der Waals surface area contributed by atoms with Crippen molar-refractivity contribution in [1.29, 1.82) is 0 Å². The molecule has 2 fully saturated rings. The predicted molar refractivity (Wildman–Crippen MR) is 80.2 cm³/mol. The Hall–Kier alpha value is -0.370. The van der Waals surface area contributed by atoms with Crippen LogP contribution >= 0.6 is 0 Å². The summed E-state index contributed by atoms with van der Waals surface area (Å²) in [6.07, 6.45) is 10.0. The topological polar surface area (TPSA) is 20.3 Å². The molecule has 19 heavy (non-hydrogen) atoms. The highest BCUT2D eigenvalue weighted by molar-refractivity contribution is 5.60. The van der Waals surface area contributed by atoms with Crippen LogP contribution in [0.2, 0.25) is 0 Å². The third-order valence-electron chi connectivity index (χ3n) is 4.95. The zero-order valence-electron chi connectivity index (χ0n) is 13.0. The molecule has 2 nitrogen and oxygen atoms in total. The van der Waals surface area contributed by atoms with Gasteiger partial charge in [-0.2, -0.15) is 0 Å². The van der Waals surface area contributed by atoms with Crippen molar-refractivity contribution in [2.75, 3.05) is 13.1 Å². The lowest BCUT2D eigenvalue weighted by molar-refractivity contribution is -0.120. The molecule has 0 aliphatic heterocycles. The van der Waals surface area contributed by atoms with Gasteiger partial charge < -0.3 is 4.79 Å². The minimum atomic E-state index is -0.0305. The van der Waals surface area contributed by atoms with Gasteiger partial charge in [0.1, 0.15) is 6.29 Å². The van der Waals surface area contributed by atoms with E-state index in [4.69, 9.17) is 0 Å². The van der Waals surface area contributed by atoms with Crippen molar-refractivity contribution in [2.24, 2.45) is 17.3 Å². The van der Waals surface area contributed by atoms with Crippen LogP contribution in [0.25, 0.3) is 0 Å². The fourth-order valence-electron chi connectivity index (χ4n) is 3.65. The highest BCUT2D eigenvalue weighted by Gasteiger charge is 2.39. The van der Waals surface area contributed by atoms with Crippen LogP contribution in [-0.4, -0.2) is 30.3 Å². The molecule has 2 saturated carbocycles. The van der Waals surface area contributed by atoms with Gasteiger partial charge in [0.15, 0.2) is 0 Å². The monoisotopic (exact) mass is 265 g/mol. The fourth-order valence-corrected chi connectivity index (χ4v) is 3.65. The molecule has 0 heterocycles. The number of hydrogen-bond donors (Lipinski definition) is 0. The Morgan fingerprint density at radius 1 is 1.32 bits per heavy atom. The SMILES string of the molecule is CC(C)CCN(CC1(C=O)CCCC(C)C1)C1CC1. The Kier molecular flexibility index (Phi) is 5.05. The van der Waals surface area contributed by atoms with Gasteiger partial charge in [-0.15, -0.1) is 0 Å². The van der Waals surface area contributed by atoms with E-state index in [0.717, 1.165) is 37.3 Å². The van der Waals surface area contributed by atoms with Crippen molar-refractivity contribution in [3.63, 3.8) is 0 Å². The van der Waals surface area contributed by atoms with Crippen LogP contribution < -0.4 is 0 Å². The Morgan fingerprint density at radius 3 is 2.58 bits per heavy atom. The second kappa shape index (κ2) is 6.39. The summed E-state index contributed by atoms with van der Waals surface area (Å²) < 4.78 is 0. The number of nitrogens with zero attached hydrogens (tertiary/aromatic N) is 1. The molecule has 2 rings (SSSR count). The molecule has 2 aliphatic carbocycles. The third-order valence-corrected chi connectivity index (χ3v) is 4.95. The Bertz CT molecular complexity index is 298. The Balaban J connectivity index is 1.95. The van der Waals surface area contributed by atoms with Gasteiger partial charge in [-0.1, -0.05) is 33.6 Å². The molecule has 0 N–H and O–H groups in total. The van der Waals surface area contributed by atoms with E-state index in [0.29, 0.717) is 0 Å². The van der Waals surface area contributed by atoms with Crippen LogP contribution in [0, 0.1) is 17.3 Å². The van der Waals surface area contributed by atoms with E-state index < -0.39 is 0 Å². The number of carbonyl (C=O) groups is 1. The average molecular weight is 265 g/mol. The van der Waals surface area contributed by atoms with E-state index in [1.54, 1.807) is 0 Å². The van der Waals surface area contributed by atoms with Crippen molar-refractivity contribution in [3.05, 3.63) is 0 Å². The lowest BCUT2D eigenvalue weighted by Gasteiger charge is -2.39. The maximum absolute atomic E-state index is 11.7. The molecule has 0 spiro atoms. The molecule has 0 aromatic carbocycles. The summed E-state index contributed by atoms with van der Waals surface area (Å²) in [5.74, 6) is 1.49. The molecular weight excluding hydrogens is 234 g/mol. The maximum atomic E-state index is 11.7. The summed E-state index contributed by atoms with van der Waals surface area (Å²) in [5, 5.41) is 0. The normalized spacial score (nSPS) is 31.9. The molecule has 110 valence electrons. The molecule has 0 aromatic rings. The minimum Gasteiger partial charge on any atom is -0.303 e. The van der Waals surface area contributed by atoms with Crippen LogP contribution in [0.5, 0.6) is 0 Å². The van der Waals surface area contributed by atoms with Gasteiger partial charge in [-0.3, -0.25) is 4.90 Å². The smallest absolute Gasteiger partial charge is 0.127 e. The number of carbonyl (C=O) groups excluding carboxylic acids is 1. The average Bonchev–Trinajstić information content (AvgIpc) is 3.18. The summed E-state index contributed by atoms with van der Waals surface area (Å²) in [6.45, 7) is 9.12. The van der Waals surface area contributed by atoms with Gasteiger partial charge in [-0.25, -0.2) is 0 Å². The quantitative estimate of drug-likeness (QED) is 0.651. The van der Waals surface area contributed by atoms with Crippen LogP contribution in [0.3, 0.4) is 0 Å². The highest BCUT2D eigenvalue weighted by Crippen LogP contribution is 2.40. The summed E-state index contributed by atoms with van der Waals surface area (Å²) >= 11 is 0. The van der Waals surface area contributed by atoms with E-state index in [1.807, 2.05) is 0 Å². The largest absolute Gasteiger partial charge is 0.303 e. The molecule has 0 bridgehead atoms. The summed E-state index contributed by atoms with van der Waals surface area (Å²) in [4.78, 5) is 14.3. The lowest BCUT2D eigenvalue weighted by atomic mass is 9.70. The zero-order chi connectivity index (χ0) is 13.9. The maximum Gasteiger partial charge on any atom is 0.127 e. The van der Waals surface area contributed by atoms with Gasteiger partial charge in [0.05, 0.1) is 0 Å². The second-order valence-electron chi connectivity index (χ2n) is 7.57. The number of hydrogen-bond acceptors (Lipinski definition) is 2. The Morgan fingerprint density at radius 2 is 2.05 bits per heavy atom. The highest BCUT2D eigenvalue weighted by atomic mass is 16.1. The first-order valence-electron chi connectivity index (χ1n) is 8.25. The fraction of sp³-hybridized carbons (Fsp3) is 0.941. The van der Waals surface area contributed by atoms with Crippen LogP contribution in [0.1, 0.15) is 65.7 Å². The molecule has 2 atom stereocenters. The molecule has 0 amide bonds. The van der Waals surface area contributed by atoms with Crippen LogP contribution in [0.4, 0.5) is 0 Å². The minimum absolute atomic E-state index is 0.0305. The van der Waals surface area contributed by atoms with E-state index in [2.05, 4.69) is 25.7 Å². The standard InChI is InChI=1S/C17H31NO/c1-14(2)8-10-18(16-6-7-16)12-17(13-19)9-4-5-15(3)11-17/h13-16H,4-12H2,1-3H3. The number of aldehydes is 1. The lowest BCUT2D eigenvalue weighted by Crippen LogP contribution is -2.43.